The van der Waals surface area contributed by atoms with Gasteiger partial charge in [0.2, 0.25) is 0 Å². The van der Waals surface area contributed by atoms with Crippen LogP contribution in [-0.2, 0) is 34.5 Å². The van der Waals surface area contributed by atoms with E-state index in [-0.39, 0.29) is 30.3 Å². The fourth-order valence-electron chi connectivity index (χ4n) is 2.33. The highest BCUT2D eigenvalue weighted by molar-refractivity contribution is 8.07. The number of nitro groups is 2. The average molecular weight is 566 g/mol. The molecule has 0 amide bonds. The summed E-state index contributed by atoms with van der Waals surface area (Å²) in [4.78, 5) is 20.0. The van der Waals surface area contributed by atoms with Crippen LogP contribution in [0.2, 0.25) is 0 Å². The topological polar surface area (TPSA) is 159 Å². The van der Waals surface area contributed by atoms with Crippen LogP contribution in [0.4, 0.5) is 11.4 Å². The number of non-ortho nitro benzene ring substituents is 2. The van der Waals surface area contributed by atoms with Crippen molar-refractivity contribution in [3.63, 3.8) is 0 Å². The molecule has 0 fully saturated rings. The smallest absolute Gasteiger partial charge is 0.424 e. The molecular weight excluding hydrogens is 538 g/mol. The lowest BCUT2D eigenvalue weighted by Crippen LogP contribution is -2.02. The van der Waals surface area contributed by atoms with Crippen LogP contribution in [0, 0.1) is 20.2 Å². The first-order valence-electron chi connectivity index (χ1n) is 10.7. The zero-order valence-electron chi connectivity index (χ0n) is 20.1. The molecule has 0 saturated heterocycles. The Labute approximate surface area is 213 Å². The van der Waals surface area contributed by atoms with Crippen molar-refractivity contribution in [1.82, 2.24) is 0 Å². The van der Waals surface area contributed by atoms with Crippen LogP contribution < -0.4 is 9.05 Å². The second kappa shape index (κ2) is 15.6. The van der Waals surface area contributed by atoms with E-state index in [1.54, 1.807) is 27.7 Å². The van der Waals surface area contributed by atoms with Crippen LogP contribution in [0.15, 0.2) is 48.5 Å². The summed E-state index contributed by atoms with van der Waals surface area (Å²) in [5.74, 6) is 0.580. The quantitative estimate of drug-likeness (QED) is 0.140. The zero-order chi connectivity index (χ0) is 27.2. The highest BCUT2D eigenvalue weighted by Crippen LogP contribution is 2.50. The predicted molar refractivity (Wildman–Crippen MR) is 136 cm³/mol. The van der Waals surface area contributed by atoms with Crippen LogP contribution in [0.1, 0.15) is 27.7 Å². The van der Waals surface area contributed by atoms with Crippen molar-refractivity contribution in [1.29, 1.82) is 0 Å². The van der Waals surface area contributed by atoms with E-state index in [9.17, 15) is 24.8 Å². The third-order valence-electron chi connectivity index (χ3n) is 3.68. The van der Waals surface area contributed by atoms with Crippen molar-refractivity contribution in [3.05, 3.63) is 68.8 Å². The molecule has 200 valence electrons. The van der Waals surface area contributed by atoms with Gasteiger partial charge in [0.1, 0.15) is 11.5 Å². The second-order valence-corrected chi connectivity index (χ2v) is 10.8. The Balaban J connectivity index is 0.000000360. The number of nitrogens with zero attached hydrogens (tertiary/aromatic N) is 2. The van der Waals surface area contributed by atoms with E-state index < -0.39 is 24.4 Å². The van der Waals surface area contributed by atoms with Crippen molar-refractivity contribution in [2.75, 3.05) is 26.4 Å². The minimum atomic E-state index is -3.65. The van der Waals surface area contributed by atoms with Crippen LogP contribution in [-0.4, -0.2) is 36.3 Å². The first-order valence-corrected chi connectivity index (χ1v) is 14.7. The molecule has 0 N–H and O–H groups in total. The molecule has 16 heteroatoms. The van der Waals surface area contributed by atoms with Gasteiger partial charge in [0.05, 0.1) is 36.3 Å². The minimum Gasteiger partial charge on any atom is -0.424 e. The molecule has 2 aromatic rings. The van der Waals surface area contributed by atoms with Crippen molar-refractivity contribution >= 4 is 37.7 Å². The van der Waals surface area contributed by atoms with Gasteiger partial charge in [-0.25, -0.2) is 4.57 Å². The Kier molecular flexibility index (Phi) is 13.7. The SMILES string of the molecule is CCOP(=O)(OCC)Oc1ccc([N+](=O)[O-])cc1.CCOP(=S)(OCC)Oc1ccc([N+](=O)[O-])cc1. The van der Waals surface area contributed by atoms with E-state index in [4.69, 9.17) is 38.9 Å². The van der Waals surface area contributed by atoms with Crippen LogP contribution in [0.25, 0.3) is 0 Å². The standard InChI is InChI=1S/C10H14NO6P.C10H14NO5PS/c1-3-15-18(14,16-4-2)17-10-7-5-9(6-8-10)11(12)13;1-3-14-17(18,15-4-2)16-10-7-5-9(6-8-10)11(12)13/h2*5-8H,3-4H2,1-2H3. The van der Waals surface area contributed by atoms with E-state index in [0.29, 0.717) is 19.0 Å². The molecule has 0 unspecified atom stereocenters. The fourth-order valence-corrected chi connectivity index (χ4v) is 5.60. The number of phosphoric ester groups is 1. The second-order valence-electron chi connectivity index (χ2n) is 6.25. The van der Waals surface area contributed by atoms with Crippen LogP contribution in [0.3, 0.4) is 0 Å². The normalized spacial score (nSPS) is 11.2. The third-order valence-corrected chi connectivity index (χ3v) is 7.70. The molecule has 0 atom stereocenters. The van der Waals surface area contributed by atoms with Crippen LogP contribution in [0.5, 0.6) is 11.5 Å². The molecule has 2 aromatic carbocycles. The molecule has 0 aliphatic carbocycles. The maximum atomic E-state index is 12.0. The molecule has 0 aromatic heterocycles. The molecule has 13 nitrogen and oxygen atoms in total. The summed E-state index contributed by atoms with van der Waals surface area (Å²) in [6.07, 6.45) is 0. The zero-order valence-corrected chi connectivity index (χ0v) is 22.7. The Bertz CT molecular complexity index is 963. The number of benzene rings is 2. The highest BCUT2D eigenvalue weighted by atomic mass is 32.5. The average Bonchev–Trinajstić information content (AvgIpc) is 2.80. The van der Waals surface area contributed by atoms with Gasteiger partial charge < -0.3 is 9.05 Å². The summed E-state index contributed by atoms with van der Waals surface area (Å²) in [7, 11) is -3.65. The van der Waals surface area contributed by atoms with Gasteiger partial charge in [-0.05, 0) is 52.0 Å². The predicted octanol–water partition coefficient (Wildman–Crippen LogP) is 6.43. The number of hydrogen-bond donors (Lipinski definition) is 0. The minimum absolute atomic E-state index is 0.0107. The van der Waals surface area contributed by atoms with Gasteiger partial charge >= 0.3 is 14.5 Å². The summed E-state index contributed by atoms with van der Waals surface area (Å²) in [6, 6.07) is 10.8. The summed E-state index contributed by atoms with van der Waals surface area (Å²) >= 11 is 5.18. The molecule has 0 heterocycles. The third kappa shape index (κ3) is 11.1. The van der Waals surface area contributed by atoms with E-state index in [1.165, 1.54) is 48.5 Å². The lowest BCUT2D eigenvalue weighted by molar-refractivity contribution is -0.385. The molecule has 2 rings (SSSR count). The molecule has 0 radical (unpaired) electrons. The summed E-state index contributed by atoms with van der Waals surface area (Å²) in [5, 5.41) is 21.0. The van der Waals surface area contributed by atoms with E-state index in [2.05, 4.69) is 0 Å². The molecule has 0 spiro atoms. The summed E-state index contributed by atoms with van der Waals surface area (Å²) in [6.45, 7) is 5.18. The Morgan fingerprint density at radius 1 is 0.667 bits per heavy atom. The molecule has 0 bridgehead atoms. The first kappa shape index (κ1) is 31.6. The van der Waals surface area contributed by atoms with Crippen molar-refractivity contribution in [3.8, 4) is 11.5 Å². The lowest BCUT2D eigenvalue weighted by Gasteiger charge is -2.20. The lowest BCUT2D eigenvalue weighted by atomic mass is 10.3. The van der Waals surface area contributed by atoms with E-state index >= 15 is 0 Å². The number of rotatable bonds is 14. The largest absolute Gasteiger partial charge is 0.530 e. The van der Waals surface area contributed by atoms with Crippen molar-refractivity contribution in [2.45, 2.75) is 27.7 Å². The van der Waals surface area contributed by atoms with Gasteiger partial charge in [0, 0.05) is 36.1 Å². The Hall–Kier alpha value is -2.44. The highest BCUT2D eigenvalue weighted by Gasteiger charge is 2.27. The Morgan fingerprint density at radius 3 is 1.31 bits per heavy atom. The van der Waals surface area contributed by atoms with Gasteiger partial charge in [-0.3, -0.25) is 38.3 Å². The summed E-state index contributed by atoms with van der Waals surface area (Å²) < 4.78 is 43.0. The van der Waals surface area contributed by atoms with Crippen LogP contribution >= 0.6 is 14.5 Å². The van der Waals surface area contributed by atoms with Gasteiger partial charge in [0.25, 0.3) is 11.4 Å². The number of phosphoric acid groups is 1. The van der Waals surface area contributed by atoms with Crippen molar-refractivity contribution in [2.24, 2.45) is 0 Å². The van der Waals surface area contributed by atoms with Gasteiger partial charge in [-0.2, -0.15) is 0 Å². The monoisotopic (exact) mass is 566 g/mol. The fraction of sp³-hybridized carbons (Fsp3) is 0.400. The van der Waals surface area contributed by atoms with E-state index in [1.807, 2.05) is 0 Å². The van der Waals surface area contributed by atoms with Gasteiger partial charge in [-0.1, -0.05) is 0 Å². The van der Waals surface area contributed by atoms with Crippen molar-refractivity contribution < 1.29 is 41.6 Å². The Morgan fingerprint density at radius 2 is 1.00 bits per heavy atom. The molecule has 36 heavy (non-hydrogen) atoms. The van der Waals surface area contributed by atoms with Gasteiger partial charge in [-0.15, -0.1) is 0 Å². The summed E-state index contributed by atoms with van der Waals surface area (Å²) in [5.41, 5.74) is -0.0894. The molecule has 0 saturated carbocycles. The maximum Gasteiger partial charge on any atom is 0.530 e. The maximum absolute atomic E-state index is 12.0. The molecule has 0 aliphatic heterocycles. The van der Waals surface area contributed by atoms with E-state index in [0.717, 1.165) is 0 Å². The molecule has 0 aliphatic rings. The van der Waals surface area contributed by atoms with Gasteiger partial charge in [0.15, 0.2) is 0 Å². The number of hydrogen-bond acceptors (Lipinski definition) is 12. The number of nitro benzene ring substituents is 2. The first-order chi connectivity index (χ1) is 17.0. The molecular formula is C20H28N2O11P2S.